The summed E-state index contributed by atoms with van der Waals surface area (Å²) in [5, 5.41) is 2.42. The largest absolute Gasteiger partial charge is 0.461 e. The second-order valence-electron chi connectivity index (χ2n) is 6.53. The molecule has 0 atom stereocenters. The zero-order valence-corrected chi connectivity index (χ0v) is 17.8. The number of carbonyl (C=O) groups is 2. The maximum Gasteiger partial charge on any atom is 0.357 e. The fourth-order valence-corrected chi connectivity index (χ4v) is 3.51. The topological polar surface area (TPSA) is 68.7 Å². The molecule has 0 bridgehead atoms. The van der Waals surface area contributed by atoms with Crippen molar-refractivity contribution in [1.29, 1.82) is 0 Å². The zero-order valence-electron chi connectivity index (χ0n) is 17.0. The van der Waals surface area contributed by atoms with E-state index in [1.165, 1.54) is 43.4 Å². The lowest BCUT2D eigenvalue weighted by atomic mass is 10.1. The highest BCUT2D eigenvalue weighted by molar-refractivity contribution is 7.09. The number of ether oxygens (including phenoxy) is 2. The van der Waals surface area contributed by atoms with Crippen molar-refractivity contribution in [3.63, 3.8) is 0 Å². The number of hydrogen-bond acceptors (Lipinski definition) is 6. The molecule has 7 heteroatoms. The van der Waals surface area contributed by atoms with Crippen molar-refractivity contribution in [3.8, 4) is 0 Å². The maximum absolute atomic E-state index is 12.6. The van der Waals surface area contributed by atoms with E-state index in [2.05, 4.69) is 11.9 Å². The van der Waals surface area contributed by atoms with Crippen molar-refractivity contribution < 1.29 is 19.1 Å². The summed E-state index contributed by atoms with van der Waals surface area (Å²) in [6, 6.07) is 0. The van der Waals surface area contributed by atoms with Crippen LogP contribution in [0, 0.1) is 0 Å². The first-order chi connectivity index (χ1) is 13.1. The van der Waals surface area contributed by atoms with Crippen molar-refractivity contribution in [2.45, 2.75) is 71.8 Å². The summed E-state index contributed by atoms with van der Waals surface area (Å²) in [6.45, 7) is 5.72. The predicted octanol–water partition coefficient (Wildman–Crippen LogP) is 4.44. The van der Waals surface area contributed by atoms with Crippen molar-refractivity contribution in [1.82, 2.24) is 9.88 Å². The van der Waals surface area contributed by atoms with Crippen LogP contribution >= 0.6 is 11.3 Å². The Hall–Kier alpha value is -1.47. The van der Waals surface area contributed by atoms with E-state index >= 15 is 0 Å². The number of methoxy groups -OCH3 is 1. The van der Waals surface area contributed by atoms with Crippen LogP contribution in [0.1, 0.15) is 80.7 Å². The minimum absolute atomic E-state index is 0.119. The summed E-state index contributed by atoms with van der Waals surface area (Å²) in [5.41, 5.74) is 0.308. The first-order valence-electron chi connectivity index (χ1n) is 10.0. The number of amides is 1. The molecule has 1 aromatic heterocycles. The van der Waals surface area contributed by atoms with E-state index in [-0.39, 0.29) is 5.91 Å². The minimum Gasteiger partial charge on any atom is -0.461 e. The third-order valence-electron chi connectivity index (χ3n) is 4.27. The highest BCUT2D eigenvalue weighted by Gasteiger charge is 2.17. The second-order valence-corrected chi connectivity index (χ2v) is 7.47. The van der Waals surface area contributed by atoms with E-state index in [0.29, 0.717) is 38.4 Å². The molecular weight excluding hydrogens is 364 g/mol. The molecular formula is C20H34N2O4S. The van der Waals surface area contributed by atoms with Gasteiger partial charge in [-0.1, -0.05) is 45.4 Å². The summed E-state index contributed by atoms with van der Waals surface area (Å²) >= 11 is 1.38. The van der Waals surface area contributed by atoms with Crippen LogP contribution in [-0.4, -0.2) is 48.6 Å². The maximum atomic E-state index is 12.6. The average Bonchev–Trinajstić information content (AvgIpc) is 3.13. The minimum atomic E-state index is -0.419. The lowest BCUT2D eigenvalue weighted by Crippen LogP contribution is -2.33. The number of aromatic nitrogens is 1. The van der Waals surface area contributed by atoms with Gasteiger partial charge < -0.3 is 14.4 Å². The fraction of sp³-hybridized carbons (Fsp3) is 0.750. The molecule has 1 aromatic rings. The van der Waals surface area contributed by atoms with Gasteiger partial charge in [0, 0.05) is 25.5 Å². The van der Waals surface area contributed by atoms with Gasteiger partial charge in [-0.25, -0.2) is 9.78 Å². The molecule has 0 unspecified atom stereocenters. The number of rotatable bonds is 15. The van der Waals surface area contributed by atoms with Gasteiger partial charge in [-0.15, -0.1) is 11.3 Å². The summed E-state index contributed by atoms with van der Waals surface area (Å²) in [6.07, 6.45) is 8.85. The molecule has 0 aliphatic rings. The fourth-order valence-electron chi connectivity index (χ4n) is 2.73. The third kappa shape index (κ3) is 9.86. The molecule has 0 aliphatic heterocycles. The number of hydrogen-bond donors (Lipinski definition) is 0. The Morgan fingerprint density at radius 3 is 2.48 bits per heavy atom. The molecule has 154 valence electrons. The molecule has 1 heterocycles. The van der Waals surface area contributed by atoms with Gasteiger partial charge >= 0.3 is 5.97 Å². The summed E-state index contributed by atoms with van der Waals surface area (Å²) in [4.78, 5) is 30.4. The molecule has 0 saturated heterocycles. The van der Waals surface area contributed by atoms with Gasteiger partial charge in [0.25, 0.3) is 0 Å². The molecule has 0 fully saturated rings. The van der Waals surface area contributed by atoms with Gasteiger partial charge in [0.15, 0.2) is 5.69 Å². The molecule has 0 saturated carbocycles. The highest BCUT2D eigenvalue weighted by atomic mass is 32.1. The van der Waals surface area contributed by atoms with E-state index in [1.54, 1.807) is 24.3 Å². The number of nitrogens with zero attached hydrogens (tertiary/aromatic N) is 2. The highest BCUT2D eigenvalue weighted by Crippen LogP contribution is 2.15. The molecule has 1 amide bonds. The lowest BCUT2D eigenvalue weighted by molar-refractivity contribution is -0.132. The van der Waals surface area contributed by atoms with Crippen LogP contribution in [0.3, 0.4) is 0 Å². The van der Waals surface area contributed by atoms with Gasteiger partial charge in [-0.2, -0.15) is 0 Å². The number of esters is 1. The van der Waals surface area contributed by atoms with E-state index in [9.17, 15) is 9.59 Å². The van der Waals surface area contributed by atoms with Crippen LogP contribution in [0.2, 0.25) is 0 Å². The van der Waals surface area contributed by atoms with Gasteiger partial charge in [0.05, 0.1) is 19.8 Å². The Morgan fingerprint density at radius 1 is 1.11 bits per heavy atom. The monoisotopic (exact) mass is 398 g/mol. The summed E-state index contributed by atoms with van der Waals surface area (Å²) in [5.74, 6) is -0.300. The molecule has 0 N–H and O–H groups in total. The predicted molar refractivity (Wildman–Crippen MR) is 108 cm³/mol. The third-order valence-corrected chi connectivity index (χ3v) is 5.11. The quantitative estimate of drug-likeness (QED) is 0.323. The van der Waals surface area contributed by atoms with E-state index in [1.807, 2.05) is 0 Å². The van der Waals surface area contributed by atoms with Crippen molar-refractivity contribution >= 4 is 23.2 Å². The van der Waals surface area contributed by atoms with Crippen LogP contribution in [0.25, 0.3) is 0 Å². The Labute approximate surface area is 167 Å². The Bertz CT molecular complexity index is 548. The standard InChI is InChI=1S/C20H34N2O4S/c1-4-6-7-8-9-10-11-12-19(23)22(13-14-25-3)15-18-21-17(16-27-18)20(24)26-5-2/h16H,4-15H2,1-3H3. The van der Waals surface area contributed by atoms with Crippen LogP contribution in [0.5, 0.6) is 0 Å². The van der Waals surface area contributed by atoms with E-state index < -0.39 is 5.97 Å². The SMILES string of the molecule is CCCCCCCCCC(=O)N(CCOC)Cc1nc(C(=O)OCC)cs1. The van der Waals surface area contributed by atoms with E-state index in [0.717, 1.165) is 17.8 Å². The molecule has 0 spiro atoms. The van der Waals surface area contributed by atoms with Gasteiger partial charge in [-0.3, -0.25) is 4.79 Å². The number of thiazole rings is 1. The lowest BCUT2D eigenvalue weighted by Gasteiger charge is -2.21. The average molecular weight is 399 g/mol. The second kappa shape index (κ2) is 14.6. The smallest absolute Gasteiger partial charge is 0.357 e. The van der Waals surface area contributed by atoms with Gasteiger partial charge in [-0.05, 0) is 13.3 Å². The van der Waals surface area contributed by atoms with Crippen molar-refractivity contribution in [2.24, 2.45) is 0 Å². The van der Waals surface area contributed by atoms with E-state index in [4.69, 9.17) is 9.47 Å². The Kier molecular flexibility index (Phi) is 12.7. The molecule has 0 aromatic carbocycles. The summed E-state index contributed by atoms with van der Waals surface area (Å²) < 4.78 is 10.1. The van der Waals surface area contributed by atoms with Crippen LogP contribution in [0.15, 0.2) is 5.38 Å². The molecule has 6 nitrogen and oxygen atoms in total. The Balaban J connectivity index is 2.47. The molecule has 0 radical (unpaired) electrons. The van der Waals surface area contributed by atoms with Crippen LogP contribution in [-0.2, 0) is 20.8 Å². The Morgan fingerprint density at radius 2 is 1.81 bits per heavy atom. The van der Waals surface area contributed by atoms with Crippen LogP contribution < -0.4 is 0 Å². The van der Waals surface area contributed by atoms with Crippen molar-refractivity contribution in [2.75, 3.05) is 26.9 Å². The molecule has 1 rings (SSSR count). The number of unbranched alkanes of at least 4 members (excludes halogenated alkanes) is 6. The zero-order chi connectivity index (χ0) is 19.9. The van der Waals surface area contributed by atoms with Gasteiger partial charge in [0.1, 0.15) is 5.01 Å². The molecule has 0 aliphatic carbocycles. The van der Waals surface area contributed by atoms with Gasteiger partial charge in [0.2, 0.25) is 5.91 Å². The van der Waals surface area contributed by atoms with Crippen molar-refractivity contribution in [3.05, 3.63) is 16.1 Å². The van der Waals surface area contributed by atoms with Crippen LogP contribution in [0.4, 0.5) is 0 Å². The first kappa shape index (κ1) is 23.6. The normalized spacial score (nSPS) is 10.8. The molecule has 27 heavy (non-hydrogen) atoms. The number of carbonyl (C=O) groups excluding carboxylic acids is 2. The summed E-state index contributed by atoms with van der Waals surface area (Å²) in [7, 11) is 1.63. The first-order valence-corrected chi connectivity index (χ1v) is 10.9.